The summed E-state index contributed by atoms with van der Waals surface area (Å²) in [6.07, 6.45) is 8.70. The molecule has 0 aromatic carbocycles. The zero-order valence-electron chi connectivity index (χ0n) is 14.8. The molecule has 1 aromatic heterocycles. The third-order valence-electron chi connectivity index (χ3n) is 4.46. The van der Waals surface area contributed by atoms with Gasteiger partial charge in [0.2, 0.25) is 0 Å². The summed E-state index contributed by atoms with van der Waals surface area (Å²) in [5.74, 6) is 1.66. The van der Waals surface area contributed by atoms with Gasteiger partial charge in [0.25, 0.3) is 0 Å². The van der Waals surface area contributed by atoms with E-state index in [1.54, 1.807) is 11.3 Å². The van der Waals surface area contributed by atoms with E-state index in [1.807, 2.05) is 20.2 Å². The molecule has 0 saturated heterocycles. The summed E-state index contributed by atoms with van der Waals surface area (Å²) in [6.45, 7) is 8.53. The first kappa shape index (κ1) is 20.7. The minimum atomic E-state index is 0. The van der Waals surface area contributed by atoms with Crippen molar-refractivity contribution in [3.05, 3.63) is 16.1 Å². The number of thiazole rings is 1. The molecule has 1 aromatic rings. The van der Waals surface area contributed by atoms with Crippen LogP contribution < -0.4 is 10.6 Å². The van der Waals surface area contributed by atoms with Crippen molar-refractivity contribution >= 4 is 41.3 Å². The molecule has 0 atom stereocenters. The minimum absolute atomic E-state index is 0. The van der Waals surface area contributed by atoms with Gasteiger partial charge in [-0.15, -0.1) is 35.3 Å². The van der Waals surface area contributed by atoms with Gasteiger partial charge in [-0.3, -0.25) is 4.99 Å². The number of aliphatic imine (C=N–C) groups is 1. The van der Waals surface area contributed by atoms with E-state index in [1.165, 1.54) is 37.0 Å². The normalized spacial score (nSPS) is 17.2. The summed E-state index contributed by atoms with van der Waals surface area (Å²) in [7, 11) is 1.84. The Hall–Kier alpha value is -0.370. The lowest BCUT2D eigenvalue weighted by molar-refractivity contribution is 0.235. The third kappa shape index (κ3) is 6.57. The van der Waals surface area contributed by atoms with Crippen LogP contribution in [0.2, 0.25) is 0 Å². The first-order valence-electron chi connectivity index (χ1n) is 8.39. The Morgan fingerprint density at radius 1 is 1.35 bits per heavy atom. The van der Waals surface area contributed by atoms with Crippen LogP contribution in [0.25, 0.3) is 0 Å². The van der Waals surface area contributed by atoms with Crippen molar-refractivity contribution in [1.82, 2.24) is 15.6 Å². The fourth-order valence-corrected chi connectivity index (χ4v) is 4.33. The van der Waals surface area contributed by atoms with E-state index < -0.39 is 0 Å². The third-order valence-corrected chi connectivity index (χ3v) is 5.37. The molecular formula is C17H31IN4S. The van der Waals surface area contributed by atoms with Crippen LogP contribution in [0, 0.1) is 18.3 Å². The van der Waals surface area contributed by atoms with Gasteiger partial charge in [0.05, 0.1) is 11.6 Å². The van der Waals surface area contributed by atoms with E-state index >= 15 is 0 Å². The van der Waals surface area contributed by atoms with Crippen molar-refractivity contribution in [2.75, 3.05) is 13.6 Å². The monoisotopic (exact) mass is 450 g/mol. The van der Waals surface area contributed by atoms with Crippen molar-refractivity contribution in [1.29, 1.82) is 0 Å². The van der Waals surface area contributed by atoms with E-state index in [0.717, 1.165) is 30.0 Å². The average Bonchev–Trinajstić information content (AvgIpc) is 3.08. The molecule has 0 bridgehead atoms. The maximum atomic E-state index is 4.36. The molecule has 6 heteroatoms. The Morgan fingerprint density at radius 2 is 2.04 bits per heavy atom. The van der Waals surface area contributed by atoms with Crippen molar-refractivity contribution in [2.45, 2.75) is 59.4 Å². The van der Waals surface area contributed by atoms with Gasteiger partial charge < -0.3 is 10.6 Å². The number of hydrogen-bond donors (Lipinski definition) is 2. The molecule has 1 saturated carbocycles. The maximum Gasteiger partial charge on any atom is 0.191 e. The summed E-state index contributed by atoms with van der Waals surface area (Å²) in [6, 6.07) is 0. The quantitative estimate of drug-likeness (QED) is 0.385. The molecule has 2 rings (SSSR count). The standard InChI is InChI=1S/C17H30N4S.HI/c1-13(2)9-17(7-5-6-8-17)12-21-16(18-4)20-11-15-10-19-14(3)22-15;/h10,13H,5-9,11-12H2,1-4H3,(H2,18,20,21);1H. The van der Waals surface area contributed by atoms with E-state index in [2.05, 4.69) is 34.5 Å². The van der Waals surface area contributed by atoms with Gasteiger partial charge in [-0.1, -0.05) is 26.7 Å². The van der Waals surface area contributed by atoms with Crippen LogP contribution >= 0.6 is 35.3 Å². The highest BCUT2D eigenvalue weighted by Gasteiger charge is 2.34. The van der Waals surface area contributed by atoms with Crippen molar-refractivity contribution in [3.63, 3.8) is 0 Å². The van der Waals surface area contributed by atoms with E-state index in [4.69, 9.17) is 0 Å². The lowest BCUT2D eigenvalue weighted by Gasteiger charge is -2.31. The van der Waals surface area contributed by atoms with Crippen LogP contribution in [0.3, 0.4) is 0 Å². The fraction of sp³-hybridized carbons (Fsp3) is 0.765. The Morgan fingerprint density at radius 3 is 2.57 bits per heavy atom. The second-order valence-corrected chi connectivity index (χ2v) is 8.25. The summed E-state index contributed by atoms with van der Waals surface area (Å²) in [5, 5.41) is 8.07. The molecule has 2 N–H and O–H groups in total. The zero-order chi connectivity index (χ0) is 16.0. The van der Waals surface area contributed by atoms with Crippen LogP contribution in [0.4, 0.5) is 0 Å². The molecule has 1 aliphatic rings. The zero-order valence-corrected chi connectivity index (χ0v) is 18.0. The number of nitrogens with zero attached hydrogens (tertiary/aromatic N) is 2. The van der Waals surface area contributed by atoms with Gasteiger partial charge in [0.15, 0.2) is 5.96 Å². The predicted octanol–water partition coefficient (Wildman–Crippen LogP) is 4.34. The van der Waals surface area contributed by atoms with Gasteiger partial charge in [-0.2, -0.15) is 0 Å². The number of rotatable bonds is 6. The molecule has 4 nitrogen and oxygen atoms in total. The Labute approximate surface area is 162 Å². The maximum absolute atomic E-state index is 4.36. The van der Waals surface area contributed by atoms with Gasteiger partial charge >= 0.3 is 0 Å². The Bertz CT molecular complexity index is 493. The second-order valence-electron chi connectivity index (χ2n) is 6.93. The molecule has 1 fully saturated rings. The number of nitrogens with one attached hydrogen (secondary N) is 2. The number of guanidine groups is 1. The highest BCUT2D eigenvalue weighted by Crippen LogP contribution is 2.42. The lowest BCUT2D eigenvalue weighted by Crippen LogP contribution is -2.43. The van der Waals surface area contributed by atoms with E-state index in [-0.39, 0.29) is 24.0 Å². The fourth-order valence-electron chi connectivity index (χ4n) is 3.59. The summed E-state index contributed by atoms with van der Waals surface area (Å²) >= 11 is 1.73. The molecule has 0 amide bonds. The molecule has 23 heavy (non-hydrogen) atoms. The number of aromatic nitrogens is 1. The Kier molecular flexibility index (Phi) is 8.82. The molecule has 0 unspecified atom stereocenters. The highest BCUT2D eigenvalue weighted by molar-refractivity contribution is 14.0. The molecule has 132 valence electrons. The van der Waals surface area contributed by atoms with E-state index in [9.17, 15) is 0 Å². The van der Waals surface area contributed by atoms with Crippen LogP contribution in [-0.2, 0) is 6.54 Å². The van der Waals surface area contributed by atoms with Gasteiger partial charge in [-0.05, 0) is 37.5 Å². The van der Waals surface area contributed by atoms with Gasteiger partial charge in [0, 0.05) is 24.7 Å². The topological polar surface area (TPSA) is 49.3 Å². The molecule has 0 radical (unpaired) electrons. The minimum Gasteiger partial charge on any atom is -0.356 e. The van der Waals surface area contributed by atoms with Crippen LogP contribution in [-0.4, -0.2) is 24.5 Å². The predicted molar refractivity (Wildman–Crippen MR) is 111 cm³/mol. The molecule has 0 spiro atoms. The number of hydrogen-bond acceptors (Lipinski definition) is 3. The first-order chi connectivity index (χ1) is 10.5. The highest BCUT2D eigenvalue weighted by atomic mass is 127. The van der Waals surface area contributed by atoms with Crippen LogP contribution in [0.15, 0.2) is 11.2 Å². The van der Waals surface area contributed by atoms with Gasteiger partial charge in [-0.25, -0.2) is 4.98 Å². The number of halogens is 1. The molecule has 0 aliphatic heterocycles. The molecular weight excluding hydrogens is 419 g/mol. The molecule has 1 heterocycles. The summed E-state index contributed by atoms with van der Waals surface area (Å²) in [4.78, 5) is 9.90. The van der Waals surface area contributed by atoms with Crippen LogP contribution in [0.5, 0.6) is 0 Å². The van der Waals surface area contributed by atoms with Crippen molar-refractivity contribution in [3.8, 4) is 0 Å². The van der Waals surface area contributed by atoms with Crippen molar-refractivity contribution < 1.29 is 0 Å². The second kappa shape index (κ2) is 9.81. The first-order valence-corrected chi connectivity index (χ1v) is 9.20. The van der Waals surface area contributed by atoms with E-state index in [0.29, 0.717) is 5.41 Å². The Balaban J connectivity index is 0.00000264. The van der Waals surface area contributed by atoms with Crippen molar-refractivity contribution in [2.24, 2.45) is 16.3 Å². The number of aryl methyl sites for hydroxylation is 1. The van der Waals surface area contributed by atoms with Gasteiger partial charge in [0.1, 0.15) is 0 Å². The summed E-state index contributed by atoms with van der Waals surface area (Å²) in [5.41, 5.74) is 0.465. The summed E-state index contributed by atoms with van der Waals surface area (Å²) < 4.78 is 0. The SMILES string of the molecule is CN=C(NCc1cnc(C)s1)NCC1(CC(C)C)CCCC1.I. The van der Waals surface area contributed by atoms with Crippen LogP contribution in [0.1, 0.15) is 55.8 Å². The molecule has 1 aliphatic carbocycles. The smallest absolute Gasteiger partial charge is 0.191 e. The average molecular weight is 450 g/mol. The lowest BCUT2D eigenvalue weighted by atomic mass is 9.78. The largest absolute Gasteiger partial charge is 0.356 e.